The molecule has 0 saturated carbocycles. The number of rotatable bonds is 4. The van der Waals surface area contributed by atoms with E-state index in [-0.39, 0.29) is 13.0 Å². The molecule has 1 aromatic heterocycles. The molecule has 6 nitrogen and oxygen atoms in total. The highest BCUT2D eigenvalue weighted by Crippen LogP contribution is 2.46. The van der Waals surface area contributed by atoms with Crippen LogP contribution in [0.5, 0.6) is 0 Å². The molecule has 3 unspecified atom stereocenters. The van der Waals surface area contributed by atoms with Crippen LogP contribution in [0.1, 0.15) is 32.1 Å². The number of hydrogen-bond donors (Lipinski definition) is 3. The molecule has 4 atom stereocenters. The summed E-state index contributed by atoms with van der Waals surface area (Å²) >= 11 is 0. The SMILES string of the molecule is CC1CC(C(=O)Nc2ccc([C@@H](O)CN)nc2)OC1(C)C(F)(F)F. The zero-order valence-electron chi connectivity index (χ0n) is 13.3. The number of carbonyl (C=O) groups is 1. The predicted molar refractivity (Wildman–Crippen MR) is 80.0 cm³/mol. The number of aromatic nitrogens is 1. The van der Waals surface area contributed by atoms with Crippen LogP contribution in [0.25, 0.3) is 0 Å². The lowest BCUT2D eigenvalue weighted by Crippen LogP contribution is -2.47. The smallest absolute Gasteiger partial charge is 0.385 e. The Balaban J connectivity index is 2.03. The van der Waals surface area contributed by atoms with Crippen molar-refractivity contribution < 1.29 is 27.8 Å². The Morgan fingerprint density at radius 3 is 2.71 bits per heavy atom. The first kappa shape index (κ1) is 18.6. The summed E-state index contributed by atoms with van der Waals surface area (Å²) in [6.45, 7) is 2.36. The quantitative estimate of drug-likeness (QED) is 0.771. The maximum atomic E-state index is 13.1. The van der Waals surface area contributed by atoms with Crippen LogP contribution in [0.3, 0.4) is 0 Å². The fraction of sp³-hybridized carbons (Fsp3) is 0.600. The van der Waals surface area contributed by atoms with Gasteiger partial charge in [0.05, 0.1) is 17.6 Å². The second kappa shape index (κ2) is 6.66. The van der Waals surface area contributed by atoms with Crippen LogP contribution in [0.15, 0.2) is 18.3 Å². The van der Waals surface area contributed by atoms with Gasteiger partial charge in [-0.25, -0.2) is 0 Å². The van der Waals surface area contributed by atoms with Gasteiger partial charge in [0.15, 0.2) is 5.60 Å². The average Bonchev–Trinajstić information content (AvgIpc) is 2.84. The van der Waals surface area contributed by atoms with Gasteiger partial charge < -0.3 is 20.9 Å². The van der Waals surface area contributed by atoms with Gasteiger partial charge in [-0.1, -0.05) is 6.92 Å². The molecule has 2 heterocycles. The fourth-order valence-corrected chi connectivity index (χ4v) is 2.53. The molecule has 0 spiro atoms. The number of anilines is 1. The number of halogens is 3. The molecule has 1 aliphatic rings. The molecule has 0 aliphatic carbocycles. The monoisotopic (exact) mass is 347 g/mol. The van der Waals surface area contributed by atoms with Crippen LogP contribution in [0, 0.1) is 5.92 Å². The summed E-state index contributed by atoms with van der Waals surface area (Å²) in [5, 5.41) is 12.0. The average molecular weight is 347 g/mol. The highest BCUT2D eigenvalue weighted by molar-refractivity contribution is 5.94. The number of aliphatic hydroxyl groups is 1. The number of aliphatic hydroxyl groups excluding tert-OH is 1. The first-order valence-corrected chi connectivity index (χ1v) is 7.48. The maximum Gasteiger partial charge on any atom is 0.417 e. The minimum absolute atomic E-state index is 0.00251. The van der Waals surface area contributed by atoms with Crippen LogP contribution >= 0.6 is 0 Å². The van der Waals surface area contributed by atoms with Crippen LogP contribution in [0.4, 0.5) is 18.9 Å². The summed E-state index contributed by atoms with van der Waals surface area (Å²) in [7, 11) is 0. The van der Waals surface area contributed by atoms with Crippen molar-refractivity contribution in [3.05, 3.63) is 24.0 Å². The van der Waals surface area contributed by atoms with E-state index in [9.17, 15) is 23.1 Å². The van der Waals surface area contributed by atoms with Gasteiger partial charge in [0.2, 0.25) is 0 Å². The predicted octanol–water partition coefficient (Wildman–Crippen LogP) is 1.76. The number of ether oxygens (including phenoxy) is 1. The number of carbonyl (C=O) groups excluding carboxylic acids is 1. The highest BCUT2D eigenvalue weighted by Gasteiger charge is 2.61. The Kier molecular flexibility index (Phi) is 5.17. The minimum Gasteiger partial charge on any atom is -0.385 e. The van der Waals surface area contributed by atoms with Gasteiger partial charge in [-0.05, 0) is 31.4 Å². The van der Waals surface area contributed by atoms with Gasteiger partial charge in [-0.15, -0.1) is 0 Å². The van der Waals surface area contributed by atoms with Crippen LogP contribution in [-0.2, 0) is 9.53 Å². The first-order valence-electron chi connectivity index (χ1n) is 7.48. The largest absolute Gasteiger partial charge is 0.417 e. The Morgan fingerprint density at radius 1 is 1.58 bits per heavy atom. The van der Waals surface area contributed by atoms with E-state index in [4.69, 9.17) is 10.5 Å². The van der Waals surface area contributed by atoms with E-state index < -0.39 is 35.8 Å². The molecule has 9 heteroatoms. The van der Waals surface area contributed by atoms with E-state index in [1.54, 1.807) is 0 Å². The number of hydrogen-bond acceptors (Lipinski definition) is 5. The molecular formula is C15H20F3N3O3. The van der Waals surface area contributed by atoms with Gasteiger partial charge in [0.25, 0.3) is 5.91 Å². The molecular weight excluding hydrogens is 327 g/mol. The summed E-state index contributed by atoms with van der Waals surface area (Å²) in [4.78, 5) is 16.1. The van der Waals surface area contributed by atoms with Crippen LogP contribution < -0.4 is 11.1 Å². The molecule has 4 N–H and O–H groups in total. The van der Waals surface area contributed by atoms with E-state index in [2.05, 4.69) is 10.3 Å². The van der Waals surface area contributed by atoms with Crippen molar-refractivity contribution in [3.63, 3.8) is 0 Å². The standard InChI is InChI=1S/C15H20F3N3O3/c1-8-5-12(24-14(8,2)15(16,17)18)13(23)21-9-3-4-10(20-7-9)11(22)6-19/h3-4,7-8,11-12,22H,5-6,19H2,1-2H3,(H,21,23)/t8?,11-,12?,14?/m0/s1. The lowest BCUT2D eigenvalue weighted by molar-refractivity contribution is -0.272. The number of nitrogens with one attached hydrogen (secondary N) is 1. The van der Waals surface area contributed by atoms with E-state index in [0.717, 1.165) is 6.92 Å². The molecule has 1 fully saturated rings. The Morgan fingerprint density at radius 2 is 2.25 bits per heavy atom. The van der Waals surface area contributed by atoms with Crippen LogP contribution in [-0.4, -0.2) is 40.4 Å². The topological polar surface area (TPSA) is 97.5 Å². The lowest BCUT2D eigenvalue weighted by atomic mass is 9.89. The Bertz CT molecular complexity index is 594. The lowest BCUT2D eigenvalue weighted by Gasteiger charge is -2.30. The molecule has 0 radical (unpaired) electrons. The van der Waals surface area contributed by atoms with Crippen molar-refractivity contribution in [2.45, 2.75) is 44.3 Å². The summed E-state index contributed by atoms with van der Waals surface area (Å²) < 4.78 is 44.4. The molecule has 0 aromatic carbocycles. The molecule has 1 aliphatic heterocycles. The summed E-state index contributed by atoms with van der Waals surface area (Å²) in [5.41, 5.74) is 3.60. The second-order valence-electron chi connectivity index (χ2n) is 6.06. The van der Waals surface area contributed by atoms with Crippen molar-refractivity contribution in [3.8, 4) is 0 Å². The van der Waals surface area contributed by atoms with Gasteiger partial charge in [-0.2, -0.15) is 13.2 Å². The summed E-state index contributed by atoms with van der Waals surface area (Å²) in [6.07, 6.45) is -5.39. The third kappa shape index (κ3) is 3.52. The summed E-state index contributed by atoms with van der Waals surface area (Å²) in [6, 6.07) is 2.96. The van der Waals surface area contributed by atoms with E-state index >= 15 is 0 Å². The first-order chi connectivity index (χ1) is 11.1. The van der Waals surface area contributed by atoms with E-state index in [1.165, 1.54) is 25.3 Å². The van der Waals surface area contributed by atoms with Gasteiger partial charge in [0.1, 0.15) is 12.2 Å². The van der Waals surface area contributed by atoms with Crippen molar-refractivity contribution in [1.29, 1.82) is 0 Å². The number of nitrogens with zero attached hydrogens (tertiary/aromatic N) is 1. The molecule has 2 rings (SSSR count). The van der Waals surface area contributed by atoms with Gasteiger partial charge in [0, 0.05) is 6.54 Å². The van der Waals surface area contributed by atoms with Gasteiger partial charge in [-0.3, -0.25) is 9.78 Å². The third-order valence-corrected chi connectivity index (χ3v) is 4.37. The molecule has 24 heavy (non-hydrogen) atoms. The zero-order valence-corrected chi connectivity index (χ0v) is 13.3. The molecule has 1 saturated heterocycles. The molecule has 1 amide bonds. The molecule has 1 aromatic rings. The Labute approximate surface area is 137 Å². The third-order valence-electron chi connectivity index (χ3n) is 4.37. The number of pyridine rings is 1. The van der Waals surface area contributed by atoms with Gasteiger partial charge >= 0.3 is 6.18 Å². The highest BCUT2D eigenvalue weighted by atomic mass is 19.4. The number of alkyl halides is 3. The van der Waals surface area contributed by atoms with Crippen molar-refractivity contribution >= 4 is 11.6 Å². The second-order valence-corrected chi connectivity index (χ2v) is 6.06. The minimum atomic E-state index is -4.55. The Hall–Kier alpha value is -1.71. The number of amides is 1. The zero-order chi connectivity index (χ0) is 18.1. The van der Waals surface area contributed by atoms with Crippen molar-refractivity contribution in [1.82, 2.24) is 4.98 Å². The van der Waals surface area contributed by atoms with Crippen molar-refractivity contribution in [2.24, 2.45) is 11.7 Å². The number of nitrogens with two attached hydrogens (primary N) is 1. The van der Waals surface area contributed by atoms with Crippen molar-refractivity contribution in [2.75, 3.05) is 11.9 Å². The maximum absolute atomic E-state index is 13.1. The summed E-state index contributed by atoms with van der Waals surface area (Å²) in [5.74, 6) is -1.50. The van der Waals surface area contributed by atoms with Crippen LogP contribution in [0.2, 0.25) is 0 Å². The fourth-order valence-electron chi connectivity index (χ4n) is 2.53. The normalized spacial score (nSPS) is 28.6. The molecule has 0 bridgehead atoms. The van der Waals surface area contributed by atoms with E-state index in [0.29, 0.717) is 11.4 Å². The molecule has 134 valence electrons. The van der Waals surface area contributed by atoms with E-state index in [1.807, 2.05) is 0 Å².